The van der Waals surface area contributed by atoms with Gasteiger partial charge in [-0.15, -0.1) is 0 Å². The molecule has 19 heavy (non-hydrogen) atoms. The van der Waals surface area contributed by atoms with Crippen LogP contribution in [0.25, 0.3) is 0 Å². The number of hydrogen-bond donors (Lipinski definition) is 1. The van der Waals surface area contributed by atoms with Crippen LogP contribution in [0.5, 0.6) is 0 Å². The molecular formula is C17H21NO. The Morgan fingerprint density at radius 1 is 0.947 bits per heavy atom. The van der Waals surface area contributed by atoms with Crippen LogP contribution < -0.4 is 5.32 Å². The molecule has 0 saturated carbocycles. The maximum Gasteiger partial charge on any atom is 0.0626 e. The predicted octanol–water partition coefficient (Wildman–Crippen LogP) is 3.20. The van der Waals surface area contributed by atoms with Crippen molar-refractivity contribution >= 4 is 0 Å². The van der Waals surface area contributed by atoms with E-state index < -0.39 is 0 Å². The molecule has 2 aromatic carbocycles. The van der Waals surface area contributed by atoms with Gasteiger partial charge < -0.3 is 10.1 Å². The lowest BCUT2D eigenvalue weighted by atomic mass is 9.94. The van der Waals surface area contributed by atoms with E-state index in [9.17, 15) is 0 Å². The molecule has 0 bridgehead atoms. The molecule has 1 fully saturated rings. The molecule has 0 aliphatic carbocycles. The first-order chi connectivity index (χ1) is 9.43. The van der Waals surface area contributed by atoms with E-state index >= 15 is 0 Å². The predicted molar refractivity (Wildman–Crippen MR) is 79.2 cm³/mol. The van der Waals surface area contributed by atoms with Crippen molar-refractivity contribution in [3.05, 3.63) is 71.8 Å². The zero-order valence-electron chi connectivity index (χ0n) is 11.0. The molecule has 2 heteroatoms. The van der Waals surface area contributed by atoms with Crippen LogP contribution in [0.15, 0.2) is 60.7 Å². The molecule has 2 atom stereocenters. The second-order valence-corrected chi connectivity index (χ2v) is 5.03. The van der Waals surface area contributed by atoms with Crippen molar-refractivity contribution < 1.29 is 6.16 Å². The minimum Gasteiger partial charge on any atom is -0.379 e. The van der Waals surface area contributed by atoms with Crippen LogP contribution in [0.1, 0.15) is 18.5 Å². The summed E-state index contributed by atoms with van der Waals surface area (Å²) >= 11 is 0. The number of ether oxygens (including phenoxy) is 1. The Morgan fingerprint density at radius 3 is 2.37 bits per heavy atom. The van der Waals surface area contributed by atoms with Gasteiger partial charge in [-0.1, -0.05) is 60.7 Å². The third kappa shape index (κ3) is 3.03. The van der Waals surface area contributed by atoms with E-state index in [2.05, 4.69) is 66.0 Å². The average molecular weight is 255 g/mol. The lowest BCUT2D eigenvalue weighted by Crippen LogP contribution is -2.33. The Morgan fingerprint density at radius 2 is 1.63 bits per heavy atom. The maximum atomic E-state index is 5.65. The fraction of sp³-hybridized carbons (Fsp3) is 0.294. The highest BCUT2D eigenvalue weighted by Crippen LogP contribution is 2.25. The van der Waals surface area contributed by atoms with Crippen LogP contribution in [0.3, 0.4) is 0 Å². The molecule has 2 nitrogen and oxygen atoms in total. The summed E-state index contributed by atoms with van der Waals surface area (Å²) in [6, 6.07) is 21.6. The third-order valence-electron chi connectivity index (χ3n) is 3.72. The molecular weight excluding hydrogens is 234 g/mol. The van der Waals surface area contributed by atoms with Gasteiger partial charge in [0, 0.05) is 19.9 Å². The normalized spacial score (nSPS) is 22.5. The van der Waals surface area contributed by atoms with E-state index in [1.807, 2.05) is 0 Å². The van der Waals surface area contributed by atoms with Crippen LogP contribution in [0.2, 0.25) is 0 Å². The van der Waals surface area contributed by atoms with Crippen LogP contribution >= 0.6 is 0 Å². The molecule has 0 spiro atoms. The van der Waals surface area contributed by atoms with Crippen LogP contribution in [0.4, 0.5) is 0 Å². The molecule has 1 saturated heterocycles. The van der Waals surface area contributed by atoms with Crippen molar-refractivity contribution in [1.82, 2.24) is 5.32 Å². The molecule has 0 radical (unpaired) electrons. The van der Waals surface area contributed by atoms with Gasteiger partial charge in [-0.05, 0) is 11.1 Å². The third-order valence-corrected chi connectivity index (χ3v) is 3.72. The van der Waals surface area contributed by atoms with Crippen molar-refractivity contribution in [2.75, 3.05) is 13.2 Å². The molecule has 1 N–H and O–H groups in total. The Labute approximate surface area is 115 Å². The first-order valence-electron chi connectivity index (χ1n) is 6.83. The fourth-order valence-corrected chi connectivity index (χ4v) is 2.63. The maximum absolute atomic E-state index is 5.65. The van der Waals surface area contributed by atoms with Gasteiger partial charge in [0.25, 0.3) is 0 Å². The summed E-state index contributed by atoms with van der Waals surface area (Å²) in [5.74, 6) is 0.463. The minimum atomic E-state index is 0. The monoisotopic (exact) mass is 255 g/mol. The summed E-state index contributed by atoms with van der Waals surface area (Å²) < 4.78 is 5.65. The van der Waals surface area contributed by atoms with Gasteiger partial charge in [0.1, 0.15) is 0 Å². The number of nitrogens with one attached hydrogen (secondary N) is 1. The van der Waals surface area contributed by atoms with Crippen molar-refractivity contribution in [3.63, 3.8) is 0 Å². The van der Waals surface area contributed by atoms with Gasteiger partial charge in [0.05, 0.1) is 13.2 Å². The van der Waals surface area contributed by atoms with Crippen molar-refractivity contribution in [3.8, 4) is 0 Å². The highest BCUT2D eigenvalue weighted by atomic mass is 16.5. The van der Waals surface area contributed by atoms with E-state index in [4.69, 9.17) is 4.74 Å². The van der Waals surface area contributed by atoms with Crippen molar-refractivity contribution in [2.24, 2.45) is 0 Å². The SMILES string of the molecule is [HH].c1ccc(CN[C@@H]2COC[C@@H]2c2ccccc2)cc1. The van der Waals surface area contributed by atoms with Gasteiger partial charge in [0.2, 0.25) is 0 Å². The minimum absolute atomic E-state index is 0. The molecule has 1 aliphatic rings. The lowest BCUT2D eigenvalue weighted by molar-refractivity contribution is 0.187. The average Bonchev–Trinajstić information content (AvgIpc) is 2.95. The topological polar surface area (TPSA) is 21.3 Å². The summed E-state index contributed by atoms with van der Waals surface area (Å²) in [6.45, 7) is 2.51. The molecule has 0 amide bonds. The smallest absolute Gasteiger partial charge is 0.0626 e. The van der Waals surface area contributed by atoms with E-state index in [0.29, 0.717) is 12.0 Å². The van der Waals surface area contributed by atoms with E-state index in [-0.39, 0.29) is 1.43 Å². The zero-order chi connectivity index (χ0) is 12.9. The molecule has 2 aromatic rings. The Bertz CT molecular complexity index is 503. The second kappa shape index (κ2) is 6.00. The van der Waals surface area contributed by atoms with Gasteiger partial charge in [-0.25, -0.2) is 0 Å². The van der Waals surface area contributed by atoms with Crippen molar-refractivity contribution in [2.45, 2.75) is 18.5 Å². The number of benzene rings is 2. The zero-order valence-corrected chi connectivity index (χ0v) is 11.0. The first-order valence-corrected chi connectivity index (χ1v) is 6.83. The van der Waals surface area contributed by atoms with Crippen LogP contribution in [0, 0.1) is 0 Å². The largest absolute Gasteiger partial charge is 0.379 e. The molecule has 100 valence electrons. The van der Waals surface area contributed by atoms with Crippen LogP contribution in [-0.2, 0) is 11.3 Å². The first kappa shape index (κ1) is 12.4. The Kier molecular flexibility index (Phi) is 3.92. The van der Waals surface area contributed by atoms with E-state index in [0.717, 1.165) is 19.8 Å². The van der Waals surface area contributed by atoms with E-state index in [1.165, 1.54) is 11.1 Å². The van der Waals surface area contributed by atoms with E-state index in [1.54, 1.807) is 0 Å². The summed E-state index contributed by atoms with van der Waals surface area (Å²) in [5.41, 5.74) is 2.69. The van der Waals surface area contributed by atoms with Crippen LogP contribution in [-0.4, -0.2) is 19.3 Å². The van der Waals surface area contributed by atoms with Crippen molar-refractivity contribution in [1.29, 1.82) is 0 Å². The summed E-state index contributed by atoms with van der Waals surface area (Å²) in [6.07, 6.45) is 0. The molecule has 3 rings (SSSR count). The molecule has 0 aromatic heterocycles. The lowest BCUT2D eigenvalue weighted by Gasteiger charge is -2.19. The highest BCUT2D eigenvalue weighted by molar-refractivity contribution is 5.23. The number of rotatable bonds is 4. The standard InChI is InChI=1S/C17H19NO.H2/c1-3-7-14(8-4-1)11-18-17-13-19-12-16(17)15-9-5-2-6-10-15;/h1-10,16-18H,11-13H2;1H/t16-,17-;/m1./s1. The van der Waals surface area contributed by atoms with Gasteiger partial charge in [-0.3, -0.25) is 0 Å². The molecule has 0 unspecified atom stereocenters. The summed E-state index contributed by atoms with van der Waals surface area (Å²) in [7, 11) is 0. The summed E-state index contributed by atoms with van der Waals surface area (Å²) in [5, 5.41) is 3.62. The van der Waals surface area contributed by atoms with Gasteiger partial charge in [-0.2, -0.15) is 0 Å². The van der Waals surface area contributed by atoms with Gasteiger partial charge >= 0.3 is 0 Å². The Balaban J connectivity index is 0.00000147. The summed E-state index contributed by atoms with van der Waals surface area (Å²) in [4.78, 5) is 0. The molecule has 1 heterocycles. The fourth-order valence-electron chi connectivity index (χ4n) is 2.63. The Hall–Kier alpha value is -1.64. The quantitative estimate of drug-likeness (QED) is 0.906. The van der Waals surface area contributed by atoms with Gasteiger partial charge in [0.15, 0.2) is 0 Å². The number of hydrogen-bond acceptors (Lipinski definition) is 2. The second-order valence-electron chi connectivity index (χ2n) is 5.03. The molecule has 1 aliphatic heterocycles. The highest BCUT2D eigenvalue weighted by Gasteiger charge is 2.28.